The summed E-state index contributed by atoms with van der Waals surface area (Å²) in [6, 6.07) is 24.2. The third-order valence-electron chi connectivity index (χ3n) is 7.25. The molecule has 4 heteroatoms. The zero-order valence-electron chi connectivity index (χ0n) is 19.7. The summed E-state index contributed by atoms with van der Waals surface area (Å²) < 4.78 is 6.15. The van der Waals surface area contributed by atoms with Crippen molar-refractivity contribution in [3.05, 3.63) is 89.5 Å². The van der Waals surface area contributed by atoms with Crippen molar-refractivity contribution in [2.45, 2.75) is 39.2 Å². The number of Topliss-reactive ketones (excluding diaryl/α,β-unsaturated/α-hetero) is 1. The Hall–Kier alpha value is -3.40. The summed E-state index contributed by atoms with van der Waals surface area (Å²) in [7, 11) is 0. The van der Waals surface area contributed by atoms with Crippen LogP contribution in [-0.2, 0) is 17.8 Å². The fourth-order valence-corrected chi connectivity index (χ4v) is 5.12. The standard InChI is InChI=1S/C30H31NO3/c1-21-15-17-31(18-16-21)30(33)28-13-11-23-19-25(12-14-27(23)29(28)32)34-20-24-9-5-6-10-26(24)22-7-3-2-4-8-22/h2-10,12,14,19,21,28H,11,13,15-18,20H2,1H3. The summed E-state index contributed by atoms with van der Waals surface area (Å²) in [5, 5.41) is 0. The van der Waals surface area contributed by atoms with Crippen LogP contribution in [0.4, 0.5) is 0 Å². The Balaban J connectivity index is 1.27. The molecule has 0 aromatic heterocycles. The van der Waals surface area contributed by atoms with Crippen LogP contribution in [0.3, 0.4) is 0 Å². The molecule has 0 N–H and O–H groups in total. The second-order valence-electron chi connectivity index (χ2n) is 9.59. The highest BCUT2D eigenvalue weighted by Crippen LogP contribution is 2.32. The summed E-state index contributed by atoms with van der Waals surface area (Å²) in [5.74, 6) is 0.853. The highest BCUT2D eigenvalue weighted by atomic mass is 16.5. The normalized spacial score (nSPS) is 18.4. The van der Waals surface area contributed by atoms with Crippen LogP contribution in [-0.4, -0.2) is 29.7 Å². The molecule has 2 aliphatic rings. The molecule has 4 nitrogen and oxygen atoms in total. The minimum absolute atomic E-state index is 0.0143. The number of carbonyl (C=O) groups excluding carboxylic acids is 2. The fourth-order valence-electron chi connectivity index (χ4n) is 5.12. The summed E-state index contributed by atoms with van der Waals surface area (Å²) in [4.78, 5) is 28.1. The highest BCUT2D eigenvalue weighted by molar-refractivity contribution is 6.11. The number of fused-ring (bicyclic) bond motifs is 1. The van der Waals surface area contributed by atoms with Gasteiger partial charge in [-0.3, -0.25) is 9.59 Å². The van der Waals surface area contributed by atoms with E-state index in [1.54, 1.807) is 0 Å². The lowest BCUT2D eigenvalue weighted by Gasteiger charge is -2.34. The van der Waals surface area contributed by atoms with Crippen LogP contribution >= 0.6 is 0 Å². The number of benzene rings is 3. The maximum Gasteiger partial charge on any atom is 0.233 e. The molecule has 1 atom stereocenters. The van der Waals surface area contributed by atoms with Crippen molar-refractivity contribution in [3.63, 3.8) is 0 Å². The molecule has 0 spiro atoms. The maximum absolute atomic E-state index is 13.2. The molecule has 0 bridgehead atoms. The SMILES string of the molecule is CC1CCN(C(=O)C2CCc3cc(OCc4ccccc4-c4ccccc4)ccc3C2=O)CC1. The van der Waals surface area contributed by atoms with Crippen LogP contribution in [0.2, 0.25) is 0 Å². The number of carbonyl (C=O) groups is 2. The van der Waals surface area contributed by atoms with Crippen LogP contribution in [0, 0.1) is 11.8 Å². The van der Waals surface area contributed by atoms with Crippen molar-refractivity contribution in [2.75, 3.05) is 13.1 Å². The van der Waals surface area contributed by atoms with Crippen LogP contribution in [0.1, 0.15) is 47.7 Å². The Morgan fingerprint density at radius 3 is 2.44 bits per heavy atom. The van der Waals surface area contributed by atoms with Gasteiger partial charge in [-0.05, 0) is 72.1 Å². The average Bonchev–Trinajstić information content (AvgIpc) is 2.88. The van der Waals surface area contributed by atoms with Gasteiger partial charge < -0.3 is 9.64 Å². The third-order valence-corrected chi connectivity index (χ3v) is 7.25. The molecule has 174 valence electrons. The number of ketones is 1. The van der Waals surface area contributed by atoms with Crippen molar-refractivity contribution in [2.24, 2.45) is 11.8 Å². The Labute approximate surface area is 201 Å². The predicted molar refractivity (Wildman–Crippen MR) is 134 cm³/mol. The lowest BCUT2D eigenvalue weighted by molar-refractivity contribution is -0.135. The van der Waals surface area contributed by atoms with Gasteiger partial charge in [0.15, 0.2) is 5.78 Å². The van der Waals surface area contributed by atoms with Crippen LogP contribution in [0.15, 0.2) is 72.8 Å². The number of likely N-dealkylation sites (tertiary alicyclic amines) is 1. The number of hydrogen-bond donors (Lipinski definition) is 0. The number of hydrogen-bond acceptors (Lipinski definition) is 3. The summed E-state index contributed by atoms with van der Waals surface area (Å²) in [5.41, 5.74) is 5.09. The molecule has 0 radical (unpaired) electrons. The Morgan fingerprint density at radius 1 is 0.912 bits per heavy atom. The van der Waals surface area contributed by atoms with E-state index in [0.29, 0.717) is 24.5 Å². The molecule has 1 aliphatic carbocycles. The Bertz CT molecular complexity index is 1180. The first kappa shape index (κ1) is 22.4. The van der Waals surface area contributed by atoms with Gasteiger partial charge in [0.2, 0.25) is 5.91 Å². The molecular formula is C30H31NO3. The number of piperidine rings is 1. The van der Waals surface area contributed by atoms with Gasteiger partial charge in [0.05, 0.1) is 0 Å². The number of ether oxygens (including phenoxy) is 1. The molecule has 1 heterocycles. The van der Waals surface area contributed by atoms with E-state index in [0.717, 1.165) is 60.4 Å². The van der Waals surface area contributed by atoms with Crippen LogP contribution in [0.25, 0.3) is 11.1 Å². The molecule has 3 aromatic carbocycles. The molecule has 1 unspecified atom stereocenters. The van der Waals surface area contributed by atoms with Gasteiger partial charge >= 0.3 is 0 Å². The first-order valence-corrected chi connectivity index (χ1v) is 12.3. The minimum atomic E-state index is -0.537. The zero-order valence-corrected chi connectivity index (χ0v) is 19.7. The van der Waals surface area contributed by atoms with Crippen molar-refractivity contribution < 1.29 is 14.3 Å². The van der Waals surface area contributed by atoms with Crippen molar-refractivity contribution in [1.29, 1.82) is 0 Å². The van der Waals surface area contributed by atoms with Crippen molar-refractivity contribution in [1.82, 2.24) is 4.90 Å². The van der Waals surface area contributed by atoms with E-state index in [2.05, 4.69) is 31.2 Å². The fraction of sp³-hybridized carbons (Fsp3) is 0.333. The molecule has 1 fully saturated rings. The maximum atomic E-state index is 13.2. The van der Waals surface area contributed by atoms with Crippen molar-refractivity contribution >= 4 is 11.7 Å². The third kappa shape index (κ3) is 4.63. The number of rotatable bonds is 5. The minimum Gasteiger partial charge on any atom is -0.489 e. The van der Waals surface area contributed by atoms with E-state index >= 15 is 0 Å². The zero-order chi connectivity index (χ0) is 23.5. The smallest absolute Gasteiger partial charge is 0.233 e. The molecule has 34 heavy (non-hydrogen) atoms. The monoisotopic (exact) mass is 453 g/mol. The molecule has 0 saturated carbocycles. The lowest BCUT2D eigenvalue weighted by Crippen LogP contribution is -2.44. The lowest BCUT2D eigenvalue weighted by atomic mass is 9.81. The van der Waals surface area contributed by atoms with E-state index in [-0.39, 0.29) is 11.7 Å². The van der Waals surface area contributed by atoms with Gasteiger partial charge in [0.1, 0.15) is 18.3 Å². The second kappa shape index (κ2) is 9.84. The molecule has 1 saturated heterocycles. The second-order valence-corrected chi connectivity index (χ2v) is 9.59. The quantitative estimate of drug-likeness (QED) is 0.450. The van der Waals surface area contributed by atoms with Gasteiger partial charge in [-0.1, -0.05) is 61.5 Å². The van der Waals surface area contributed by atoms with E-state index in [1.165, 1.54) is 0 Å². The molecule has 5 rings (SSSR count). The predicted octanol–water partition coefficient (Wildman–Crippen LogP) is 5.94. The van der Waals surface area contributed by atoms with Crippen LogP contribution < -0.4 is 4.74 Å². The Morgan fingerprint density at radius 2 is 1.65 bits per heavy atom. The highest BCUT2D eigenvalue weighted by Gasteiger charge is 2.36. The van der Waals surface area contributed by atoms with E-state index < -0.39 is 5.92 Å². The largest absolute Gasteiger partial charge is 0.489 e. The Kier molecular flexibility index (Phi) is 6.48. The number of amides is 1. The van der Waals surface area contributed by atoms with E-state index in [1.807, 2.05) is 53.4 Å². The topological polar surface area (TPSA) is 46.6 Å². The molecule has 1 aliphatic heterocycles. The first-order chi connectivity index (χ1) is 16.6. The molecular weight excluding hydrogens is 422 g/mol. The van der Waals surface area contributed by atoms with Crippen molar-refractivity contribution in [3.8, 4) is 16.9 Å². The number of aryl methyl sites for hydroxylation is 1. The van der Waals surface area contributed by atoms with Crippen LogP contribution in [0.5, 0.6) is 5.75 Å². The van der Waals surface area contributed by atoms with E-state index in [4.69, 9.17) is 4.74 Å². The molecule has 3 aromatic rings. The van der Waals surface area contributed by atoms with Gasteiger partial charge in [-0.25, -0.2) is 0 Å². The summed E-state index contributed by atoms with van der Waals surface area (Å²) >= 11 is 0. The van der Waals surface area contributed by atoms with Gasteiger partial charge in [-0.2, -0.15) is 0 Å². The number of nitrogens with zero attached hydrogens (tertiary/aromatic N) is 1. The van der Waals surface area contributed by atoms with E-state index in [9.17, 15) is 9.59 Å². The van der Waals surface area contributed by atoms with Gasteiger partial charge in [0, 0.05) is 18.7 Å². The van der Waals surface area contributed by atoms with Gasteiger partial charge in [-0.15, -0.1) is 0 Å². The summed E-state index contributed by atoms with van der Waals surface area (Å²) in [6.07, 6.45) is 3.35. The summed E-state index contributed by atoms with van der Waals surface area (Å²) in [6.45, 7) is 4.22. The molecule has 1 amide bonds. The first-order valence-electron chi connectivity index (χ1n) is 12.3. The average molecular weight is 454 g/mol. The van der Waals surface area contributed by atoms with Gasteiger partial charge in [0.25, 0.3) is 0 Å².